The molecule has 0 saturated carbocycles. The summed E-state index contributed by atoms with van der Waals surface area (Å²) >= 11 is 0. The van der Waals surface area contributed by atoms with Gasteiger partial charge in [-0.1, -0.05) is 13.8 Å². The lowest BCUT2D eigenvalue weighted by Gasteiger charge is -2.22. The minimum absolute atomic E-state index is 0.172. The van der Waals surface area contributed by atoms with Crippen molar-refractivity contribution in [3.8, 4) is 5.75 Å². The zero-order valence-corrected chi connectivity index (χ0v) is 10.1. The Bertz CT molecular complexity index is 316. The van der Waals surface area contributed by atoms with E-state index in [9.17, 15) is 0 Å². The van der Waals surface area contributed by atoms with E-state index < -0.39 is 0 Å². The third-order valence-corrected chi connectivity index (χ3v) is 2.56. The number of aliphatic hydroxyl groups excluding tert-OH is 1. The molecule has 0 radical (unpaired) electrons. The molecule has 1 aromatic rings. The van der Waals surface area contributed by atoms with Gasteiger partial charge in [0.05, 0.1) is 7.11 Å². The number of anilines is 1. The van der Waals surface area contributed by atoms with Crippen molar-refractivity contribution < 1.29 is 9.84 Å². The fourth-order valence-corrected chi connectivity index (χ4v) is 1.55. The number of ether oxygens (including phenoxy) is 1. The molecule has 1 atom stereocenters. The van der Waals surface area contributed by atoms with E-state index in [2.05, 4.69) is 24.1 Å². The van der Waals surface area contributed by atoms with Gasteiger partial charge < -0.3 is 15.2 Å². The molecule has 1 aromatic heterocycles. The van der Waals surface area contributed by atoms with Crippen LogP contribution in [0.25, 0.3) is 0 Å². The number of rotatable bonds is 6. The van der Waals surface area contributed by atoms with E-state index in [1.165, 1.54) is 0 Å². The van der Waals surface area contributed by atoms with Gasteiger partial charge in [0.25, 0.3) is 0 Å². The second-order valence-electron chi connectivity index (χ2n) is 4.06. The molecule has 16 heavy (non-hydrogen) atoms. The van der Waals surface area contributed by atoms with Crippen LogP contribution >= 0.6 is 0 Å². The van der Waals surface area contributed by atoms with Crippen LogP contribution in [0.5, 0.6) is 5.75 Å². The predicted octanol–water partition coefficient (Wildman–Crippen LogP) is 1.91. The first-order chi connectivity index (χ1) is 7.69. The van der Waals surface area contributed by atoms with Crippen molar-refractivity contribution in [3.63, 3.8) is 0 Å². The van der Waals surface area contributed by atoms with E-state index in [1.807, 2.05) is 12.1 Å². The fraction of sp³-hybridized carbons (Fsp3) is 0.583. The van der Waals surface area contributed by atoms with Crippen molar-refractivity contribution in [1.82, 2.24) is 4.98 Å². The zero-order valence-electron chi connectivity index (χ0n) is 10.1. The lowest BCUT2D eigenvalue weighted by atomic mass is 10.0. The predicted molar refractivity (Wildman–Crippen MR) is 64.7 cm³/mol. The van der Waals surface area contributed by atoms with Crippen LogP contribution in [0.4, 0.5) is 5.82 Å². The molecule has 4 heteroatoms. The summed E-state index contributed by atoms with van der Waals surface area (Å²) in [5.74, 6) is 1.89. The Balaban J connectivity index is 2.76. The second-order valence-corrected chi connectivity index (χ2v) is 4.06. The standard InChI is InChI=1S/C12H20N2O2/c1-9(2)10(6-8-15)14-12-11(16-3)5-4-7-13-12/h4-5,7,9-10,15H,6,8H2,1-3H3,(H,13,14). The van der Waals surface area contributed by atoms with Crippen LogP contribution in [0, 0.1) is 5.92 Å². The summed E-state index contributed by atoms with van der Waals surface area (Å²) in [5.41, 5.74) is 0. The molecule has 0 amide bonds. The third kappa shape index (κ3) is 3.38. The Morgan fingerprint density at radius 3 is 2.81 bits per heavy atom. The maximum atomic E-state index is 9.00. The van der Waals surface area contributed by atoms with Gasteiger partial charge in [-0.2, -0.15) is 0 Å². The molecule has 1 heterocycles. The van der Waals surface area contributed by atoms with Gasteiger partial charge in [0.15, 0.2) is 11.6 Å². The van der Waals surface area contributed by atoms with Gasteiger partial charge in [-0.15, -0.1) is 0 Å². The van der Waals surface area contributed by atoms with Gasteiger partial charge >= 0.3 is 0 Å². The Hall–Kier alpha value is -1.29. The normalized spacial score (nSPS) is 12.6. The topological polar surface area (TPSA) is 54.4 Å². The van der Waals surface area contributed by atoms with Crippen LogP contribution in [-0.4, -0.2) is 29.8 Å². The van der Waals surface area contributed by atoms with Crippen LogP contribution in [0.3, 0.4) is 0 Å². The van der Waals surface area contributed by atoms with Crippen molar-refractivity contribution >= 4 is 5.82 Å². The molecule has 0 spiro atoms. The summed E-state index contributed by atoms with van der Waals surface area (Å²) in [7, 11) is 1.62. The van der Waals surface area contributed by atoms with Crippen LogP contribution in [0.2, 0.25) is 0 Å². The van der Waals surface area contributed by atoms with Crippen molar-refractivity contribution in [2.45, 2.75) is 26.3 Å². The Kier molecular flexibility index (Phi) is 5.05. The summed E-state index contributed by atoms with van der Waals surface area (Å²) in [6.45, 7) is 4.40. The van der Waals surface area contributed by atoms with Crippen LogP contribution in [0.15, 0.2) is 18.3 Å². The number of hydrogen-bond donors (Lipinski definition) is 2. The average molecular weight is 224 g/mol. The molecule has 0 bridgehead atoms. The number of nitrogens with zero attached hydrogens (tertiary/aromatic N) is 1. The second kappa shape index (κ2) is 6.33. The summed E-state index contributed by atoms with van der Waals surface area (Å²) in [6.07, 6.45) is 2.43. The molecule has 0 aliphatic carbocycles. The number of nitrogens with one attached hydrogen (secondary N) is 1. The minimum Gasteiger partial charge on any atom is -0.493 e. The van der Waals surface area contributed by atoms with Crippen molar-refractivity contribution in [2.24, 2.45) is 5.92 Å². The lowest BCUT2D eigenvalue weighted by molar-refractivity contribution is 0.267. The number of aliphatic hydroxyl groups is 1. The highest BCUT2D eigenvalue weighted by Gasteiger charge is 2.14. The lowest BCUT2D eigenvalue weighted by Crippen LogP contribution is -2.27. The number of aromatic nitrogens is 1. The first kappa shape index (κ1) is 12.8. The Labute approximate surface area is 96.7 Å². The van der Waals surface area contributed by atoms with Gasteiger partial charge in [0.1, 0.15) is 0 Å². The van der Waals surface area contributed by atoms with Gasteiger partial charge in [-0.25, -0.2) is 4.98 Å². The fourth-order valence-electron chi connectivity index (χ4n) is 1.55. The van der Waals surface area contributed by atoms with Crippen LogP contribution in [0.1, 0.15) is 20.3 Å². The van der Waals surface area contributed by atoms with E-state index in [1.54, 1.807) is 13.3 Å². The van der Waals surface area contributed by atoms with Gasteiger partial charge in [-0.05, 0) is 24.5 Å². The van der Waals surface area contributed by atoms with Crippen LogP contribution in [-0.2, 0) is 0 Å². The summed E-state index contributed by atoms with van der Waals surface area (Å²) in [6, 6.07) is 3.90. The first-order valence-electron chi connectivity index (χ1n) is 5.55. The molecule has 4 nitrogen and oxygen atoms in total. The highest BCUT2D eigenvalue weighted by atomic mass is 16.5. The molecule has 1 rings (SSSR count). The maximum absolute atomic E-state index is 9.00. The molecule has 0 saturated heterocycles. The maximum Gasteiger partial charge on any atom is 0.168 e. The zero-order chi connectivity index (χ0) is 12.0. The molecule has 0 aliphatic rings. The van der Waals surface area contributed by atoms with Gasteiger partial charge in [0, 0.05) is 18.8 Å². The molecule has 0 aromatic carbocycles. The van der Waals surface area contributed by atoms with E-state index >= 15 is 0 Å². The monoisotopic (exact) mass is 224 g/mol. The van der Waals surface area contributed by atoms with Crippen molar-refractivity contribution in [3.05, 3.63) is 18.3 Å². The minimum atomic E-state index is 0.172. The quantitative estimate of drug-likeness (QED) is 0.775. The molecular formula is C12H20N2O2. The SMILES string of the molecule is COc1cccnc1NC(CCO)C(C)C. The van der Waals surface area contributed by atoms with E-state index in [0.717, 1.165) is 11.6 Å². The number of hydrogen-bond acceptors (Lipinski definition) is 4. The van der Waals surface area contributed by atoms with E-state index in [4.69, 9.17) is 9.84 Å². The molecule has 90 valence electrons. The average Bonchev–Trinajstić information content (AvgIpc) is 2.29. The summed E-state index contributed by atoms with van der Waals surface area (Å²) < 4.78 is 5.22. The van der Waals surface area contributed by atoms with Gasteiger partial charge in [0.2, 0.25) is 0 Å². The highest BCUT2D eigenvalue weighted by molar-refractivity contribution is 5.50. The smallest absolute Gasteiger partial charge is 0.168 e. The number of methoxy groups -OCH3 is 1. The molecule has 2 N–H and O–H groups in total. The summed E-state index contributed by atoms with van der Waals surface area (Å²) in [5, 5.41) is 12.3. The molecular weight excluding hydrogens is 204 g/mol. The summed E-state index contributed by atoms with van der Waals surface area (Å²) in [4.78, 5) is 4.24. The largest absolute Gasteiger partial charge is 0.493 e. The third-order valence-electron chi connectivity index (χ3n) is 2.56. The van der Waals surface area contributed by atoms with E-state index in [-0.39, 0.29) is 12.6 Å². The van der Waals surface area contributed by atoms with Crippen LogP contribution < -0.4 is 10.1 Å². The molecule has 1 unspecified atom stereocenters. The van der Waals surface area contributed by atoms with Crippen molar-refractivity contribution in [2.75, 3.05) is 19.0 Å². The Morgan fingerprint density at radius 2 is 2.25 bits per heavy atom. The highest BCUT2D eigenvalue weighted by Crippen LogP contribution is 2.23. The van der Waals surface area contributed by atoms with Crippen molar-refractivity contribution in [1.29, 1.82) is 0 Å². The molecule has 0 fully saturated rings. The first-order valence-corrected chi connectivity index (χ1v) is 5.55. The molecule has 0 aliphatic heterocycles. The van der Waals surface area contributed by atoms with Gasteiger partial charge in [-0.3, -0.25) is 0 Å². The Morgan fingerprint density at radius 1 is 1.50 bits per heavy atom. The number of pyridine rings is 1. The van der Waals surface area contributed by atoms with E-state index in [0.29, 0.717) is 12.3 Å².